The van der Waals surface area contributed by atoms with E-state index in [4.69, 9.17) is 11.6 Å². The van der Waals surface area contributed by atoms with Crippen molar-refractivity contribution in [2.75, 3.05) is 0 Å². The molecule has 0 saturated carbocycles. The monoisotopic (exact) mass is 408 g/mol. The van der Waals surface area contributed by atoms with Gasteiger partial charge in [-0.1, -0.05) is 85.9 Å². The van der Waals surface area contributed by atoms with Crippen molar-refractivity contribution >= 4 is 54.2 Å². The van der Waals surface area contributed by atoms with E-state index < -0.39 is 0 Å². The lowest BCUT2D eigenvalue weighted by Crippen LogP contribution is -1.94. The number of hydrogen-bond acceptors (Lipinski definition) is 0. The molecule has 0 heterocycles. The Balaban J connectivity index is 2.15. The Morgan fingerprint density at radius 1 is 0.900 bits per heavy atom. The van der Waals surface area contributed by atoms with Gasteiger partial charge in [-0.15, -0.1) is 0 Å². The second kappa shape index (κ2) is 5.88. The fourth-order valence-corrected chi connectivity index (χ4v) is 3.92. The highest BCUT2D eigenvalue weighted by Crippen LogP contribution is 2.37. The fourth-order valence-electron chi connectivity index (χ4n) is 2.37. The Hall–Kier alpha value is -0.830. The highest BCUT2D eigenvalue weighted by Gasteiger charge is 2.14. The van der Waals surface area contributed by atoms with Gasteiger partial charge < -0.3 is 0 Å². The van der Waals surface area contributed by atoms with Gasteiger partial charge in [0, 0.05) is 9.50 Å². The average Bonchev–Trinajstić information content (AvgIpc) is 2.45. The predicted molar refractivity (Wildman–Crippen MR) is 93.9 cm³/mol. The van der Waals surface area contributed by atoms with Crippen LogP contribution in [0.4, 0.5) is 0 Å². The van der Waals surface area contributed by atoms with E-state index in [9.17, 15) is 0 Å². The molecule has 0 N–H and O–H groups in total. The van der Waals surface area contributed by atoms with Crippen molar-refractivity contribution in [3.63, 3.8) is 0 Å². The van der Waals surface area contributed by atoms with Crippen LogP contribution in [-0.2, 0) is 0 Å². The van der Waals surface area contributed by atoms with Crippen LogP contribution in [0.5, 0.6) is 0 Å². The highest BCUT2D eigenvalue weighted by atomic mass is 79.9. The van der Waals surface area contributed by atoms with Crippen LogP contribution in [0.25, 0.3) is 10.8 Å². The van der Waals surface area contributed by atoms with Crippen LogP contribution in [0, 0.1) is 0 Å². The molecule has 0 amide bonds. The number of hydrogen-bond donors (Lipinski definition) is 0. The molecule has 3 rings (SSSR count). The highest BCUT2D eigenvalue weighted by molar-refractivity contribution is 9.10. The molecule has 0 aliphatic carbocycles. The summed E-state index contributed by atoms with van der Waals surface area (Å²) in [5.41, 5.74) is 2.39. The van der Waals surface area contributed by atoms with E-state index >= 15 is 0 Å². The first-order valence-electron chi connectivity index (χ1n) is 6.23. The lowest BCUT2D eigenvalue weighted by atomic mass is 9.98. The van der Waals surface area contributed by atoms with E-state index in [1.807, 2.05) is 12.1 Å². The second-order valence-electron chi connectivity index (χ2n) is 4.63. The first-order valence-corrected chi connectivity index (χ1v) is 8.31. The van der Waals surface area contributed by atoms with Crippen molar-refractivity contribution in [1.29, 1.82) is 0 Å². The first kappa shape index (κ1) is 14.1. The summed E-state index contributed by atoms with van der Waals surface area (Å²) >= 11 is 13.5. The average molecular weight is 411 g/mol. The van der Waals surface area contributed by atoms with Gasteiger partial charge in [0.15, 0.2) is 0 Å². The third kappa shape index (κ3) is 2.78. The number of halogens is 3. The van der Waals surface area contributed by atoms with Gasteiger partial charge in [0.25, 0.3) is 0 Å². The zero-order valence-corrected chi connectivity index (χ0v) is 14.4. The normalized spacial score (nSPS) is 12.6. The van der Waals surface area contributed by atoms with Crippen LogP contribution >= 0.6 is 43.5 Å². The molecule has 100 valence electrons. The Bertz CT molecular complexity index is 742. The molecular weight excluding hydrogens is 399 g/mol. The van der Waals surface area contributed by atoms with E-state index in [-0.39, 0.29) is 4.83 Å². The summed E-state index contributed by atoms with van der Waals surface area (Å²) in [7, 11) is 0. The number of fused-ring (bicyclic) bond motifs is 1. The number of alkyl halides is 1. The van der Waals surface area contributed by atoms with E-state index in [1.165, 1.54) is 16.3 Å². The third-order valence-electron chi connectivity index (χ3n) is 3.27. The number of benzene rings is 3. The molecule has 0 saturated heterocycles. The van der Waals surface area contributed by atoms with E-state index in [0.29, 0.717) is 0 Å². The van der Waals surface area contributed by atoms with E-state index in [0.717, 1.165) is 15.1 Å². The summed E-state index contributed by atoms with van der Waals surface area (Å²) in [6, 6.07) is 20.8. The molecule has 0 nitrogen and oxygen atoms in total. The lowest BCUT2D eigenvalue weighted by molar-refractivity contribution is 1.19. The molecule has 0 bridgehead atoms. The van der Waals surface area contributed by atoms with Gasteiger partial charge in [0.05, 0.1) is 4.83 Å². The Morgan fingerprint density at radius 2 is 1.65 bits per heavy atom. The van der Waals surface area contributed by atoms with Crippen molar-refractivity contribution in [2.45, 2.75) is 4.83 Å². The summed E-state index contributed by atoms with van der Waals surface area (Å²) in [5, 5.41) is 3.24. The standard InChI is InChI=1S/C17H11Br2Cl/c18-13-8-12(9-14(20)10-13)17(19)16-7-3-5-11-4-1-2-6-15(11)16/h1-10,17H. The molecule has 1 atom stereocenters. The molecule has 0 aromatic heterocycles. The molecule has 0 fully saturated rings. The van der Waals surface area contributed by atoms with Crippen molar-refractivity contribution in [1.82, 2.24) is 0 Å². The van der Waals surface area contributed by atoms with Crippen molar-refractivity contribution in [3.05, 3.63) is 81.3 Å². The topological polar surface area (TPSA) is 0 Å². The van der Waals surface area contributed by atoms with E-state index in [2.05, 4.69) is 80.4 Å². The summed E-state index contributed by atoms with van der Waals surface area (Å²) < 4.78 is 0.990. The molecular formula is C17H11Br2Cl. The second-order valence-corrected chi connectivity index (χ2v) is 6.90. The Morgan fingerprint density at radius 3 is 2.45 bits per heavy atom. The maximum absolute atomic E-state index is 6.15. The van der Waals surface area contributed by atoms with Gasteiger partial charge in [-0.05, 0) is 40.1 Å². The van der Waals surface area contributed by atoms with Crippen molar-refractivity contribution in [3.8, 4) is 0 Å². The van der Waals surface area contributed by atoms with Crippen LogP contribution in [0.15, 0.2) is 65.1 Å². The van der Waals surface area contributed by atoms with Crippen LogP contribution < -0.4 is 0 Å². The zero-order chi connectivity index (χ0) is 14.1. The van der Waals surface area contributed by atoms with Gasteiger partial charge in [0.2, 0.25) is 0 Å². The Kier molecular flexibility index (Phi) is 4.16. The molecule has 3 heteroatoms. The van der Waals surface area contributed by atoms with Gasteiger partial charge in [0.1, 0.15) is 0 Å². The smallest absolute Gasteiger partial charge is 0.0651 e. The van der Waals surface area contributed by atoms with Crippen LogP contribution in [0.3, 0.4) is 0 Å². The summed E-state index contributed by atoms with van der Waals surface area (Å²) in [4.78, 5) is 0.114. The van der Waals surface area contributed by atoms with Gasteiger partial charge >= 0.3 is 0 Å². The molecule has 0 aliphatic rings. The molecule has 20 heavy (non-hydrogen) atoms. The molecule has 0 aliphatic heterocycles. The van der Waals surface area contributed by atoms with Gasteiger partial charge in [-0.3, -0.25) is 0 Å². The molecule has 3 aromatic rings. The van der Waals surface area contributed by atoms with Crippen molar-refractivity contribution < 1.29 is 0 Å². The lowest BCUT2D eigenvalue weighted by Gasteiger charge is -2.14. The predicted octanol–water partition coefficient (Wildman–Crippen LogP) is 6.74. The van der Waals surface area contributed by atoms with Crippen LogP contribution in [0.2, 0.25) is 5.02 Å². The largest absolute Gasteiger partial charge is 0.0843 e. The summed E-state index contributed by atoms with van der Waals surface area (Å²) in [5.74, 6) is 0. The minimum absolute atomic E-state index is 0.114. The Labute approximate surface area is 140 Å². The third-order valence-corrected chi connectivity index (χ3v) is 4.97. The molecule has 3 aromatic carbocycles. The maximum Gasteiger partial charge on any atom is 0.0651 e. The van der Waals surface area contributed by atoms with Crippen LogP contribution in [0.1, 0.15) is 16.0 Å². The maximum atomic E-state index is 6.15. The minimum Gasteiger partial charge on any atom is -0.0843 e. The van der Waals surface area contributed by atoms with Gasteiger partial charge in [-0.25, -0.2) is 0 Å². The fraction of sp³-hybridized carbons (Fsp3) is 0.0588. The molecule has 1 unspecified atom stereocenters. The molecule has 0 spiro atoms. The minimum atomic E-state index is 0.114. The van der Waals surface area contributed by atoms with E-state index in [1.54, 1.807) is 0 Å². The number of rotatable bonds is 2. The summed E-state index contributed by atoms with van der Waals surface area (Å²) in [6.07, 6.45) is 0. The summed E-state index contributed by atoms with van der Waals surface area (Å²) in [6.45, 7) is 0. The first-order chi connectivity index (χ1) is 9.65. The van der Waals surface area contributed by atoms with Gasteiger partial charge in [-0.2, -0.15) is 0 Å². The van der Waals surface area contributed by atoms with Crippen molar-refractivity contribution in [2.24, 2.45) is 0 Å². The quantitative estimate of drug-likeness (QED) is 0.410. The zero-order valence-electron chi connectivity index (χ0n) is 10.5. The molecule has 0 radical (unpaired) electrons. The van der Waals surface area contributed by atoms with Crippen LogP contribution in [-0.4, -0.2) is 0 Å². The SMILES string of the molecule is Clc1cc(Br)cc(C(Br)c2cccc3ccccc23)c1.